The number of benzene rings is 3. The Bertz CT molecular complexity index is 1520. The number of ether oxygens (including phenoxy) is 2. The van der Waals surface area contributed by atoms with Crippen LogP contribution in [0.15, 0.2) is 40.6 Å². The first-order chi connectivity index (χ1) is 20.5. The molecule has 0 saturated carbocycles. The van der Waals surface area contributed by atoms with Crippen LogP contribution < -0.4 is 4.90 Å². The zero-order valence-corrected chi connectivity index (χ0v) is 21.0. The van der Waals surface area contributed by atoms with Gasteiger partial charge >= 0.3 is 11.9 Å². The van der Waals surface area contributed by atoms with Crippen molar-refractivity contribution in [3.63, 3.8) is 0 Å². The maximum Gasteiger partial charge on any atom is 0.344 e. The first-order valence-electron chi connectivity index (χ1n) is 11.4. The van der Waals surface area contributed by atoms with E-state index in [9.17, 15) is 44.7 Å². The van der Waals surface area contributed by atoms with Gasteiger partial charge in [-0.25, -0.2) is 44.7 Å². The van der Waals surface area contributed by atoms with Gasteiger partial charge in [0, 0.05) is 15.5 Å². The highest BCUT2D eigenvalue weighted by atomic mass is 19.2. The van der Waals surface area contributed by atoms with E-state index in [0.29, 0.717) is 5.69 Å². The smallest absolute Gasteiger partial charge is 0.344 e. The van der Waals surface area contributed by atoms with Gasteiger partial charge in [0.05, 0.1) is 13.1 Å². The Morgan fingerprint density at radius 1 is 0.628 bits per heavy atom. The lowest BCUT2D eigenvalue weighted by atomic mass is 10.1. The summed E-state index contributed by atoms with van der Waals surface area (Å²) >= 11 is 0. The number of esters is 2. The van der Waals surface area contributed by atoms with Gasteiger partial charge in [0.15, 0.2) is 46.5 Å². The number of hydrogen-bond donors (Lipinski definition) is 0. The molecule has 0 aliphatic carbocycles. The van der Waals surface area contributed by atoms with Crippen molar-refractivity contribution < 1.29 is 54.2 Å². The lowest BCUT2D eigenvalue weighted by Crippen LogP contribution is -2.32. The molecule has 19 heteroatoms. The third kappa shape index (κ3) is 6.69. The van der Waals surface area contributed by atoms with Crippen LogP contribution in [0.4, 0.5) is 52.2 Å². The van der Waals surface area contributed by atoms with Crippen LogP contribution in [0, 0.1) is 46.5 Å². The normalized spacial score (nSPS) is 10.4. The van der Waals surface area contributed by atoms with Crippen molar-refractivity contribution in [2.45, 2.75) is 0 Å². The molecule has 0 bridgehead atoms. The zero-order valence-electron chi connectivity index (χ0n) is 21.0. The van der Waals surface area contributed by atoms with E-state index in [-0.39, 0.29) is 13.1 Å². The van der Waals surface area contributed by atoms with Crippen molar-refractivity contribution in [2.75, 3.05) is 31.2 Å². The van der Waals surface area contributed by atoms with Crippen LogP contribution in [0.1, 0.15) is 20.7 Å². The van der Waals surface area contributed by atoms with Crippen molar-refractivity contribution in [1.82, 2.24) is 0 Å². The first kappa shape index (κ1) is 32.0. The Labute approximate surface area is 234 Å². The number of carbonyl (C=O) groups excluding carboxylic acids is 2. The van der Waals surface area contributed by atoms with E-state index in [1.807, 2.05) is 9.82 Å². The van der Waals surface area contributed by atoms with Crippen LogP contribution >= 0.6 is 0 Å². The largest absolute Gasteiger partial charge is 0.460 e. The van der Waals surface area contributed by atoms with Gasteiger partial charge in [-0.2, -0.15) is 0 Å². The first-order valence-corrected chi connectivity index (χ1v) is 11.4. The predicted octanol–water partition coefficient (Wildman–Crippen LogP) is 7.20. The molecule has 0 heterocycles. The highest BCUT2D eigenvalue weighted by Crippen LogP contribution is 2.32. The van der Waals surface area contributed by atoms with E-state index in [1.165, 1.54) is 17.0 Å². The number of anilines is 1. The maximum absolute atomic E-state index is 14.2. The maximum atomic E-state index is 14.2. The average Bonchev–Trinajstić information content (AvgIpc) is 2.99. The van der Waals surface area contributed by atoms with Gasteiger partial charge in [-0.3, -0.25) is 0 Å². The van der Waals surface area contributed by atoms with Crippen LogP contribution in [-0.2, 0) is 9.47 Å². The summed E-state index contributed by atoms with van der Waals surface area (Å²) < 4.78 is 122. The second-order valence-electron chi connectivity index (χ2n) is 7.93. The zero-order chi connectivity index (χ0) is 31.8. The summed E-state index contributed by atoms with van der Waals surface area (Å²) in [6.07, 6.45) is 0. The topological polar surface area (TPSA) is 153 Å². The molecule has 0 saturated heterocycles. The molecular formula is C24H13F8N7O4. The van der Waals surface area contributed by atoms with Gasteiger partial charge in [-0.05, 0) is 23.2 Å². The second kappa shape index (κ2) is 13.9. The van der Waals surface area contributed by atoms with Gasteiger partial charge in [-0.15, -0.1) is 0 Å². The lowest BCUT2D eigenvalue weighted by molar-refractivity contribution is 0.0490. The molecule has 43 heavy (non-hydrogen) atoms. The van der Waals surface area contributed by atoms with Gasteiger partial charge in [-0.1, -0.05) is 28.4 Å². The van der Waals surface area contributed by atoms with Crippen LogP contribution in [0.3, 0.4) is 0 Å². The highest BCUT2D eigenvalue weighted by Gasteiger charge is 2.31. The van der Waals surface area contributed by atoms with E-state index in [4.69, 9.17) is 20.5 Å². The van der Waals surface area contributed by atoms with Crippen molar-refractivity contribution in [1.29, 1.82) is 0 Å². The fourth-order valence-corrected chi connectivity index (χ4v) is 3.51. The third-order valence-corrected chi connectivity index (χ3v) is 5.49. The fourth-order valence-electron chi connectivity index (χ4n) is 3.51. The van der Waals surface area contributed by atoms with E-state index < -0.39 is 94.2 Å². The molecule has 0 unspecified atom stereocenters. The van der Waals surface area contributed by atoms with Crippen molar-refractivity contribution in [3.05, 3.63) is 109 Å². The Balaban J connectivity index is 1.73. The summed E-state index contributed by atoms with van der Waals surface area (Å²) in [4.78, 5) is 29.9. The molecule has 0 N–H and O–H groups in total. The molecule has 11 nitrogen and oxygen atoms in total. The van der Waals surface area contributed by atoms with Crippen LogP contribution in [0.5, 0.6) is 0 Å². The number of carbonyl (C=O) groups is 2. The Morgan fingerprint density at radius 2 is 0.977 bits per heavy atom. The van der Waals surface area contributed by atoms with Crippen LogP contribution in [0.2, 0.25) is 0 Å². The van der Waals surface area contributed by atoms with Gasteiger partial charge < -0.3 is 14.4 Å². The Hall–Kier alpha value is -5.54. The molecule has 0 aliphatic heterocycles. The minimum atomic E-state index is -2.18. The fraction of sp³-hybridized carbons (Fsp3) is 0.167. The summed E-state index contributed by atoms with van der Waals surface area (Å²) in [7, 11) is 0. The van der Waals surface area contributed by atoms with Gasteiger partial charge in [0.2, 0.25) is 0 Å². The standard InChI is InChI=1S/C24H13F8N7O4/c25-13-11(14(26)18(30)21(17(13)29)35-37-33)23(40)42-8-6-39(10-4-2-1-3-5-10)7-9-43-24(41)12-15(27)19(31)22(36-38-34)20(32)16(12)28/h1-5H,6-9H2. The monoisotopic (exact) mass is 615 g/mol. The quantitative estimate of drug-likeness (QED) is 0.0557. The number of para-hydroxylation sites is 1. The molecule has 3 rings (SSSR count). The predicted molar refractivity (Wildman–Crippen MR) is 129 cm³/mol. The molecule has 0 aromatic heterocycles. The molecule has 0 amide bonds. The highest BCUT2D eigenvalue weighted by molar-refractivity contribution is 5.91. The number of nitrogens with zero attached hydrogens (tertiary/aromatic N) is 7. The molecule has 3 aromatic rings. The minimum absolute atomic E-state index is 0.328. The summed E-state index contributed by atoms with van der Waals surface area (Å²) in [6, 6.07) is 7.69. The van der Waals surface area contributed by atoms with E-state index in [1.54, 1.807) is 18.2 Å². The molecule has 0 radical (unpaired) electrons. The van der Waals surface area contributed by atoms with Crippen molar-refractivity contribution in [3.8, 4) is 0 Å². The number of halogens is 8. The molecule has 3 aromatic carbocycles. The third-order valence-electron chi connectivity index (χ3n) is 5.49. The van der Waals surface area contributed by atoms with Crippen LogP contribution in [-0.4, -0.2) is 38.2 Å². The van der Waals surface area contributed by atoms with Crippen molar-refractivity contribution in [2.24, 2.45) is 10.2 Å². The summed E-state index contributed by atoms with van der Waals surface area (Å²) in [5, 5.41) is 4.99. The number of azide groups is 2. The Kier molecular flexibility index (Phi) is 10.3. The molecule has 0 aliphatic rings. The van der Waals surface area contributed by atoms with Crippen LogP contribution in [0.25, 0.3) is 20.9 Å². The summed E-state index contributed by atoms with van der Waals surface area (Å²) in [5.74, 6) is -21.0. The number of hydrogen-bond acceptors (Lipinski definition) is 7. The van der Waals surface area contributed by atoms with E-state index in [2.05, 4.69) is 10.2 Å². The van der Waals surface area contributed by atoms with Gasteiger partial charge in [0.25, 0.3) is 0 Å². The molecule has 0 atom stereocenters. The van der Waals surface area contributed by atoms with E-state index >= 15 is 0 Å². The molecular weight excluding hydrogens is 602 g/mol. The Morgan fingerprint density at radius 3 is 1.30 bits per heavy atom. The summed E-state index contributed by atoms with van der Waals surface area (Å²) in [6.45, 7) is -2.04. The number of rotatable bonds is 11. The lowest BCUT2D eigenvalue weighted by Gasteiger charge is -2.24. The molecule has 0 spiro atoms. The molecule has 0 fully saturated rings. The SMILES string of the molecule is [N-]=[N+]=Nc1c(F)c(F)c(C(=O)OCCN(CCOC(=O)c2c(F)c(F)c(N=[N+]=[N-])c(F)c2F)c2ccccc2)c(F)c1F. The molecule has 224 valence electrons. The van der Waals surface area contributed by atoms with E-state index in [0.717, 1.165) is 0 Å². The average molecular weight is 615 g/mol. The van der Waals surface area contributed by atoms with Gasteiger partial charge in [0.1, 0.15) is 35.7 Å². The second-order valence-corrected chi connectivity index (χ2v) is 7.93. The summed E-state index contributed by atoms with van der Waals surface area (Å²) in [5.41, 5.74) is 10.2. The van der Waals surface area contributed by atoms with Crippen molar-refractivity contribution >= 4 is 29.0 Å². The minimum Gasteiger partial charge on any atom is -0.460 e.